The van der Waals surface area contributed by atoms with Gasteiger partial charge in [-0.2, -0.15) is 5.26 Å². The van der Waals surface area contributed by atoms with E-state index in [0.29, 0.717) is 0 Å². The molecule has 14 heavy (non-hydrogen) atoms. The van der Waals surface area contributed by atoms with Crippen LogP contribution in [0.25, 0.3) is 0 Å². The Kier molecular flexibility index (Phi) is 2.12. The highest BCUT2D eigenvalue weighted by molar-refractivity contribution is 5.32. The average molecular weight is 188 g/mol. The van der Waals surface area contributed by atoms with Crippen molar-refractivity contribution in [2.24, 2.45) is 0 Å². The van der Waals surface area contributed by atoms with Crippen molar-refractivity contribution >= 4 is 0 Å². The van der Waals surface area contributed by atoms with Crippen molar-refractivity contribution in [3.63, 3.8) is 0 Å². The Bertz CT molecular complexity index is 360. The van der Waals surface area contributed by atoms with E-state index in [-0.39, 0.29) is 5.41 Å². The van der Waals surface area contributed by atoms with Crippen LogP contribution in [0.1, 0.15) is 25.0 Å². The first-order valence-corrected chi connectivity index (χ1v) is 4.72. The molecule has 72 valence electrons. The maximum atomic E-state index is 9.10. The zero-order valence-electron chi connectivity index (χ0n) is 8.16. The molecule has 1 aliphatic rings. The van der Waals surface area contributed by atoms with Gasteiger partial charge in [0.1, 0.15) is 5.75 Å². The molecule has 1 aromatic rings. The van der Waals surface area contributed by atoms with E-state index in [1.54, 1.807) is 13.3 Å². The Balaban J connectivity index is 2.29. The van der Waals surface area contributed by atoms with Gasteiger partial charge in [-0.25, -0.2) is 0 Å². The Labute approximate surface area is 83.3 Å². The van der Waals surface area contributed by atoms with E-state index in [0.717, 1.165) is 30.7 Å². The van der Waals surface area contributed by atoms with Crippen molar-refractivity contribution in [1.29, 1.82) is 5.26 Å². The lowest BCUT2D eigenvalue weighted by Crippen LogP contribution is -2.33. The molecule has 2 rings (SSSR count). The summed E-state index contributed by atoms with van der Waals surface area (Å²) in [6.45, 7) is 0. The normalized spacial score (nSPS) is 18.0. The van der Waals surface area contributed by atoms with Crippen molar-refractivity contribution in [2.45, 2.75) is 24.7 Å². The van der Waals surface area contributed by atoms with Crippen molar-refractivity contribution in [3.8, 4) is 11.8 Å². The van der Waals surface area contributed by atoms with Gasteiger partial charge in [-0.15, -0.1) is 0 Å². The van der Waals surface area contributed by atoms with Crippen LogP contribution in [-0.2, 0) is 5.41 Å². The van der Waals surface area contributed by atoms with E-state index < -0.39 is 0 Å². The lowest BCUT2D eigenvalue weighted by Gasteiger charge is -2.34. The van der Waals surface area contributed by atoms with Crippen molar-refractivity contribution < 1.29 is 4.74 Å². The molecular formula is C11H12N2O. The van der Waals surface area contributed by atoms with Crippen LogP contribution in [0.4, 0.5) is 0 Å². The topological polar surface area (TPSA) is 45.9 Å². The van der Waals surface area contributed by atoms with Gasteiger partial charge in [0.05, 0.1) is 30.5 Å². The van der Waals surface area contributed by atoms with Gasteiger partial charge in [-0.3, -0.25) is 4.98 Å². The van der Waals surface area contributed by atoms with Crippen molar-refractivity contribution in [2.75, 3.05) is 7.11 Å². The quantitative estimate of drug-likeness (QED) is 0.713. The van der Waals surface area contributed by atoms with Gasteiger partial charge in [-0.05, 0) is 31.4 Å². The Morgan fingerprint density at radius 2 is 2.29 bits per heavy atom. The van der Waals surface area contributed by atoms with Gasteiger partial charge in [-0.1, -0.05) is 0 Å². The summed E-state index contributed by atoms with van der Waals surface area (Å²) in [7, 11) is 1.61. The average Bonchev–Trinajstić information content (AvgIpc) is 2.18. The summed E-state index contributed by atoms with van der Waals surface area (Å²) < 4.78 is 5.02. The number of hydrogen-bond acceptors (Lipinski definition) is 3. The maximum absolute atomic E-state index is 9.10. The molecule has 1 saturated carbocycles. The number of pyridine rings is 1. The molecule has 0 aromatic carbocycles. The van der Waals surface area contributed by atoms with Gasteiger partial charge in [0.15, 0.2) is 0 Å². The van der Waals surface area contributed by atoms with E-state index in [2.05, 4.69) is 11.1 Å². The van der Waals surface area contributed by atoms with Crippen LogP contribution in [0.15, 0.2) is 18.3 Å². The molecule has 0 radical (unpaired) electrons. The first-order valence-electron chi connectivity index (χ1n) is 4.72. The molecule has 1 fully saturated rings. The second-order valence-electron chi connectivity index (χ2n) is 3.63. The predicted molar refractivity (Wildman–Crippen MR) is 51.9 cm³/mol. The van der Waals surface area contributed by atoms with Crippen LogP contribution in [0, 0.1) is 11.3 Å². The molecular weight excluding hydrogens is 176 g/mol. The Morgan fingerprint density at radius 1 is 1.50 bits per heavy atom. The molecule has 0 unspecified atom stereocenters. The number of nitrogens with zero attached hydrogens (tertiary/aromatic N) is 2. The first-order chi connectivity index (χ1) is 6.80. The number of rotatable bonds is 2. The molecule has 0 bridgehead atoms. The van der Waals surface area contributed by atoms with Gasteiger partial charge in [0.25, 0.3) is 0 Å². The van der Waals surface area contributed by atoms with Crippen LogP contribution < -0.4 is 4.74 Å². The third-order valence-corrected chi connectivity index (χ3v) is 2.88. The number of ether oxygens (including phenoxy) is 1. The third kappa shape index (κ3) is 1.24. The standard InChI is InChI=1S/C11H12N2O/c1-14-9-3-4-10(13-7-9)11(8-12)5-2-6-11/h3-4,7H,2,5-6H2,1H3. The van der Waals surface area contributed by atoms with Gasteiger partial charge in [0, 0.05) is 0 Å². The maximum Gasteiger partial charge on any atom is 0.137 e. The molecule has 0 N–H and O–H groups in total. The molecule has 1 aliphatic carbocycles. The second kappa shape index (κ2) is 3.30. The molecule has 0 aliphatic heterocycles. The predicted octanol–water partition coefficient (Wildman–Crippen LogP) is 2.04. The minimum absolute atomic E-state index is 0.313. The van der Waals surface area contributed by atoms with Crippen LogP contribution in [0.2, 0.25) is 0 Å². The minimum atomic E-state index is -0.313. The molecule has 1 aromatic heterocycles. The molecule has 0 amide bonds. The lowest BCUT2D eigenvalue weighted by atomic mass is 9.67. The number of hydrogen-bond donors (Lipinski definition) is 0. The summed E-state index contributed by atoms with van der Waals surface area (Å²) in [4.78, 5) is 4.27. The monoisotopic (exact) mass is 188 g/mol. The van der Waals surface area contributed by atoms with Crippen LogP contribution in [-0.4, -0.2) is 12.1 Å². The highest BCUT2D eigenvalue weighted by Gasteiger charge is 2.40. The fraction of sp³-hybridized carbons (Fsp3) is 0.455. The lowest BCUT2D eigenvalue weighted by molar-refractivity contribution is 0.315. The molecule has 1 heterocycles. The summed E-state index contributed by atoms with van der Waals surface area (Å²) in [5, 5.41) is 9.10. The first kappa shape index (κ1) is 9.01. The molecule has 0 spiro atoms. The van der Waals surface area contributed by atoms with Crippen LogP contribution >= 0.6 is 0 Å². The summed E-state index contributed by atoms with van der Waals surface area (Å²) in [6.07, 6.45) is 4.67. The van der Waals surface area contributed by atoms with E-state index in [1.165, 1.54) is 0 Å². The third-order valence-electron chi connectivity index (χ3n) is 2.88. The van der Waals surface area contributed by atoms with Crippen molar-refractivity contribution in [3.05, 3.63) is 24.0 Å². The molecule has 0 saturated heterocycles. The van der Waals surface area contributed by atoms with Gasteiger partial charge < -0.3 is 4.74 Å². The van der Waals surface area contributed by atoms with Crippen LogP contribution in [0.3, 0.4) is 0 Å². The largest absolute Gasteiger partial charge is 0.495 e. The van der Waals surface area contributed by atoms with E-state index >= 15 is 0 Å². The highest BCUT2D eigenvalue weighted by Crippen LogP contribution is 2.42. The number of methoxy groups -OCH3 is 1. The summed E-state index contributed by atoms with van der Waals surface area (Å²) in [6, 6.07) is 6.12. The Morgan fingerprint density at radius 3 is 2.64 bits per heavy atom. The zero-order valence-corrected chi connectivity index (χ0v) is 8.16. The molecule has 3 nitrogen and oxygen atoms in total. The van der Waals surface area contributed by atoms with Gasteiger partial charge >= 0.3 is 0 Å². The van der Waals surface area contributed by atoms with E-state index in [4.69, 9.17) is 10.00 Å². The fourth-order valence-electron chi connectivity index (χ4n) is 1.74. The summed E-state index contributed by atoms with van der Waals surface area (Å²) in [5.41, 5.74) is 0.568. The summed E-state index contributed by atoms with van der Waals surface area (Å²) >= 11 is 0. The van der Waals surface area contributed by atoms with Gasteiger partial charge in [0.2, 0.25) is 0 Å². The Hall–Kier alpha value is -1.56. The van der Waals surface area contributed by atoms with Crippen molar-refractivity contribution in [1.82, 2.24) is 4.98 Å². The smallest absolute Gasteiger partial charge is 0.137 e. The highest BCUT2D eigenvalue weighted by atomic mass is 16.5. The zero-order chi connectivity index (χ0) is 10.0. The molecule has 3 heteroatoms. The second-order valence-corrected chi connectivity index (χ2v) is 3.63. The molecule has 0 atom stereocenters. The fourth-order valence-corrected chi connectivity index (χ4v) is 1.74. The number of nitriles is 1. The summed E-state index contributed by atoms with van der Waals surface area (Å²) in [5.74, 6) is 0.737. The van der Waals surface area contributed by atoms with Crippen LogP contribution in [0.5, 0.6) is 5.75 Å². The van der Waals surface area contributed by atoms with E-state index in [1.807, 2.05) is 12.1 Å². The SMILES string of the molecule is COc1ccc(C2(C#N)CCC2)nc1. The van der Waals surface area contributed by atoms with E-state index in [9.17, 15) is 0 Å². The minimum Gasteiger partial charge on any atom is -0.495 e. The number of aromatic nitrogens is 1.